The number of nitrogens with zero attached hydrogens (tertiary/aromatic N) is 2. The standard InChI is InChI=1S/C14H22N2O/c1-4-5-8-13(17)11-16(3)12(2)14-9-6-7-10-15-14/h4,6-7,9-10,12-13,17H,1,5,8,11H2,2-3H3. The van der Waals surface area contributed by atoms with Crippen molar-refractivity contribution in [2.45, 2.75) is 31.9 Å². The first kappa shape index (κ1) is 13.9. The summed E-state index contributed by atoms with van der Waals surface area (Å²) in [5, 5.41) is 9.84. The van der Waals surface area contributed by atoms with Crippen molar-refractivity contribution in [3.63, 3.8) is 0 Å². The monoisotopic (exact) mass is 234 g/mol. The lowest BCUT2D eigenvalue weighted by Crippen LogP contribution is -2.31. The Labute approximate surface area is 104 Å². The summed E-state index contributed by atoms with van der Waals surface area (Å²) in [6, 6.07) is 6.13. The fourth-order valence-corrected chi connectivity index (χ4v) is 1.74. The average molecular weight is 234 g/mol. The van der Waals surface area contributed by atoms with Gasteiger partial charge in [-0.3, -0.25) is 9.88 Å². The zero-order valence-electron chi connectivity index (χ0n) is 10.7. The van der Waals surface area contributed by atoms with Gasteiger partial charge in [-0.2, -0.15) is 0 Å². The van der Waals surface area contributed by atoms with Crippen LogP contribution in [0.3, 0.4) is 0 Å². The van der Waals surface area contributed by atoms with E-state index in [1.54, 1.807) is 6.20 Å². The average Bonchev–Trinajstić information content (AvgIpc) is 2.36. The number of hydrogen-bond acceptors (Lipinski definition) is 3. The smallest absolute Gasteiger partial charge is 0.0670 e. The Kier molecular flexibility index (Phi) is 5.87. The normalized spacial score (nSPS) is 14.6. The number of aliphatic hydroxyl groups is 1. The molecule has 2 atom stereocenters. The lowest BCUT2D eigenvalue weighted by molar-refractivity contribution is 0.101. The minimum Gasteiger partial charge on any atom is -0.392 e. The minimum absolute atomic E-state index is 0.217. The van der Waals surface area contributed by atoms with Gasteiger partial charge in [0.05, 0.1) is 11.8 Å². The van der Waals surface area contributed by atoms with Crippen LogP contribution in [0.5, 0.6) is 0 Å². The molecule has 1 heterocycles. The number of likely N-dealkylation sites (N-methyl/N-ethyl adjacent to an activating group) is 1. The van der Waals surface area contributed by atoms with Gasteiger partial charge in [-0.15, -0.1) is 6.58 Å². The van der Waals surface area contributed by atoms with E-state index < -0.39 is 0 Å². The van der Waals surface area contributed by atoms with Gasteiger partial charge < -0.3 is 5.11 Å². The third-order valence-electron chi connectivity index (χ3n) is 2.98. The van der Waals surface area contributed by atoms with Crippen molar-refractivity contribution in [3.8, 4) is 0 Å². The minimum atomic E-state index is -0.302. The lowest BCUT2D eigenvalue weighted by atomic mass is 10.1. The van der Waals surface area contributed by atoms with Gasteiger partial charge in [0, 0.05) is 18.8 Å². The molecule has 1 rings (SSSR count). The molecule has 17 heavy (non-hydrogen) atoms. The van der Waals surface area contributed by atoms with Crippen molar-refractivity contribution >= 4 is 0 Å². The van der Waals surface area contributed by atoms with E-state index in [9.17, 15) is 5.11 Å². The molecule has 1 aromatic rings. The lowest BCUT2D eigenvalue weighted by Gasteiger charge is -2.26. The molecule has 94 valence electrons. The fraction of sp³-hybridized carbons (Fsp3) is 0.500. The molecule has 3 nitrogen and oxygen atoms in total. The van der Waals surface area contributed by atoms with E-state index in [1.165, 1.54) is 0 Å². The van der Waals surface area contributed by atoms with E-state index in [0.29, 0.717) is 6.54 Å². The highest BCUT2D eigenvalue weighted by molar-refractivity contribution is 5.07. The maximum absolute atomic E-state index is 9.84. The van der Waals surface area contributed by atoms with Crippen molar-refractivity contribution in [1.29, 1.82) is 0 Å². The number of pyridine rings is 1. The number of allylic oxidation sites excluding steroid dienone is 1. The number of rotatable bonds is 7. The summed E-state index contributed by atoms with van der Waals surface area (Å²) in [4.78, 5) is 6.45. The topological polar surface area (TPSA) is 36.4 Å². The molecule has 0 saturated heterocycles. The summed E-state index contributed by atoms with van der Waals surface area (Å²) < 4.78 is 0. The Balaban J connectivity index is 2.47. The number of hydrogen-bond donors (Lipinski definition) is 1. The zero-order chi connectivity index (χ0) is 12.7. The highest BCUT2D eigenvalue weighted by Crippen LogP contribution is 2.16. The molecule has 0 amide bonds. The summed E-state index contributed by atoms with van der Waals surface area (Å²) >= 11 is 0. The highest BCUT2D eigenvalue weighted by atomic mass is 16.3. The quantitative estimate of drug-likeness (QED) is 0.736. The summed E-state index contributed by atoms with van der Waals surface area (Å²) in [6.45, 7) is 6.42. The highest BCUT2D eigenvalue weighted by Gasteiger charge is 2.15. The van der Waals surface area contributed by atoms with E-state index >= 15 is 0 Å². The van der Waals surface area contributed by atoms with Gasteiger partial charge in [-0.25, -0.2) is 0 Å². The molecule has 0 bridgehead atoms. The molecular weight excluding hydrogens is 212 g/mol. The van der Waals surface area contributed by atoms with Crippen LogP contribution in [0.15, 0.2) is 37.1 Å². The van der Waals surface area contributed by atoms with E-state index in [2.05, 4.69) is 23.4 Å². The molecule has 1 N–H and O–H groups in total. The first-order chi connectivity index (χ1) is 8.15. The molecule has 1 aromatic heterocycles. The Morgan fingerprint density at radius 1 is 1.53 bits per heavy atom. The summed E-state index contributed by atoms with van der Waals surface area (Å²) in [6.07, 6.45) is 4.96. The van der Waals surface area contributed by atoms with Crippen molar-refractivity contribution in [1.82, 2.24) is 9.88 Å². The van der Waals surface area contributed by atoms with Gasteiger partial charge in [-0.1, -0.05) is 12.1 Å². The first-order valence-corrected chi connectivity index (χ1v) is 6.05. The van der Waals surface area contributed by atoms with Gasteiger partial charge >= 0.3 is 0 Å². The van der Waals surface area contributed by atoms with Crippen molar-refractivity contribution in [3.05, 3.63) is 42.7 Å². The Morgan fingerprint density at radius 3 is 2.88 bits per heavy atom. The second kappa shape index (κ2) is 7.20. The zero-order valence-corrected chi connectivity index (χ0v) is 10.7. The maximum atomic E-state index is 9.84. The Morgan fingerprint density at radius 2 is 2.29 bits per heavy atom. The van der Waals surface area contributed by atoms with Crippen molar-refractivity contribution < 1.29 is 5.11 Å². The molecule has 0 aliphatic rings. The van der Waals surface area contributed by atoms with Crippen LogP contribution in [-0.4, -0.2) is 34.7 Å². The molecule has 0 aliphatic carbocycles. The second-order valence-corrected chi connectivity index (χ2v) is 4.39. The van der Waals surface area contributed by atoms with Crippen LogP contribution in [0.2, 0.25) is 0 Å². The van der Waals surface area contributed by atoms with Gasteiger partial charge in [0.1, 0.15) is 0 Å². The molecule has 0 spiro atoms. The summed E-state index contributed by atoms with van der Waals surface area (Å²) in [7, 11) is 2.01. The number of aliphatic hydroxyl groups excluding tert-OH is 1. The summed E-state index contributed by atoms with van der Waals surface area (Å²) in [5.41, 5.74) is 1.03. The van der Waals surface area contributed by atoms with Crippen molar-refractivity contribution in [2.24, 2.45) is 0 Å². The van der Waals surface area contributed by atoms with Gasteiger partial charge in [-0.05, 0) is 38.9 Å². The molecule has 0 radical (unpaired) electrons. The van der Waals surface area contributed by atoms with Crippen LogP contribution in [-0.2, 0) is 0 Å². The van der Waals surface area contributed by atoms with Crippen LogP contribution >= 0.6 is 0 Å². The third kappa shape index (κ3) is 4.67. The van der Waals surface area contributed by atoms with Crippen LogP contribution in [0, 0.1) is 0 Å². The third-order valence-corrected chi connectivity index (χ3v) is 2.98. The van der Waals surface area contributed by atoms with Crippen LogP contribution in [0.25, 0.3) is 0 Å². The van der Waals surface area contributed by atoms with Gasteiger partial charge in [0.2, 0.25) is 0 Å². The summed E-state index contributed by atoms with van der Waals surface area (Å²) in [5.74, 6) is 0. The Bertz CT molecular complexity index is 326. The SMILES string of the molecule is C=CCCC(O)CN(C)C(C)c1ccccn1. The second-order valence-electron chi connectivity index (χ2n) is 4.39. The molecule has 2 unspecified atom stereocenters. The fourth-order valence-electron chi connectivity index (χ4n) is 1.74. The predicted octanol–water partition coefficient (Wildman–Crippen LogP) is 2.40. The predicted molar refractivity (Wildman–Crippen MR) is 70.7 cm³/mol. The van der Waals surface area contributed by atoms with E-state index in [-0.39, 0.29) is 12.1 Å². The molecule has 3 heteroatoms. The molecule has 0 fully saturated rings. The molecular formula is C14H22N2O. The van der Waals surface area contributed by atoms with Crippen molar-refractivity contribution in [2.75, 3.05) is 13.6 Å². The maximum Gasteiger partial charge on any atom is 0.0670 e. The van der Waals surface area contributed by atoms with Gasteiger partial charge in [0.15, 0.2) is 0 Å². The van der Waals surface area contributed by atoms with Crippen LogP contribution in [0.1, 0.15) is 31.5 Å². The first-order valence-electron chi connectivity index (χ1n) is 6.05. The largest absolute Gasteiger partial charge is 0.392 e. The molecule has 0 aromatic carbocycles. The van der Waals surface area contributed by atoms with E-state index in [0.717, 1.165) is 18.5 Å². The molecule has 0 aliphatic heterocycles. The van der Waals surface area contributed by atoms with E-state index in [4.69, 9.17) is 0 Å². The van der Waals surface area contributed by atoms with E-state index in [1.807, 2.05) is 31.3 Å². The Hall–Kier alpha value is -1.19. The van der Waals surface area contributed by atoms with Gasteiger partial charge in [0.25, 0.3) is 0 Å². The number of aromatic nitrogens is 1. The van der Waals surface area contributed by atoms with Crippen LogP contribution in [0.4, 0.5) is 0 Å². The van der Waals surface area contributed by atoms with Crippen LogP contribution < -0.4 is 0 Å². The molecule has 0 saturated carbocycles.